The maximum Gasteiger partial charge on any atom is 0.0541 e. The minimum Gasteiger partial charge on any atom is -0.306 e. The number of nitrogens with zero attached hydrogens (tertiary/aromatic N) is 1. The normalized spacial score (nSPS) is 10.7. The zero-order chi connectivity index (χ0) is 12.9. The molecule has 0 bridgehead atoms. The van der Waals surface area contributed by atoms with Crippen LogP contribution in [-0.4, -0.2) is 4.98 Å². The van der Waals surface area contributed by atoms with Crippen molar-refractivity contribution < 1.29 is 0 Å². The van der Waals surface area contributed by atoms with Crippen molar-refractivity contribution in [3.8, 4) is 10.4 Å². The van der Waals surface area contributed by atoms with Gasteiger partial charge in [-0.3, -0.25) is 4.98 Å². The molecule has 0 saturated heterocycles. The Kier molecular flexibility index (Phi) is 4.03. The van der Waals surface area contributed by atoms with Gasteiger partial charge in [-0.1, -0.05) is 12.1 Å². The Morgan fingerprint density at radius 2 is 2.05 bits per heavy atom. The molecule has 3 heterocycles. The Labute approximate surface area is 120 Å². The van der Waals surface area contributed by atoms with Gasteiger partial charge in [-0.2, -0.15) is 0 Å². The third kappa shape index (κ3) is 3.29. The van der Waals surface area contributed by atoms with Crippen molar-refractivity contribution in [3.63, 3.8) is 0 Å². The largest absolute Gasteiger partial charge is 0.306 e. The van der Waals surface area contributed by atoms with E-state index < -0.39 is 0 Å². The highest BCUT2D eigenvalue weighted by molar-refractivity contribution is 7.14. The summed E-state index contributed by atoms with van der Waals surface area (Å²) < 4.78 is 0. The molecule has 3 aromatic rings. The summed E-state index contributed by atoms with van der Waals surface area (Å²) >= 11 is 3.59. The number of pyridine rings is 1. The van der Waals surface area contributed by atoms with Crippen molar-refractivity contribution in [1.29, 1.82) is 0 Å². The van der Waals surface area contributed by atoms with E-state index in [9.17, 15) is 0 Å². The van der Waals surface area contributed by atoms with Crippen LogP contribution in [0.4, 0.5) is 0 Å². The topological polar surface area (TPSA) is 24.9 Å². The first-order valence-corrected chi connectivity index (χ1v) is 7.90. The lowest BCUT2D eigenvalue weighted by atomic mass is 10.2. The fraction of sp³-hybridized carbons (Fsp3) is 0.133. The number of rotatable bonds is 5. The molecule has 19 heavy (non-hydrogen) atoms. The first kappa shape index (κ1) is 12.5. The molecule has 4 heteroatoms. The number of hydrogen-bond donors (Lipinski definition) is 1. The molecule has 0 aliphatic carbocycles. The standard InChI is InChI=1S/C15H14N2S2/c1-2-6-17-13(4-1)9-16-10-14-8-12(11-19-14)15-5-3-7-18-15/h1-8,11,16H,9-10H2. The van der Waals surface area contributed by atoms with Gasteiger partial charge in [0.05, 0.1) is 5.69 Å². The molecule has 0 spiro atoms. The highest BCUT2D eigenvalue weighted by Crippen LogP contribution is 2.29. The quantitative estimate of drug-likeness (QED) is 0.761. The third-order valence-corrected chi connectivity index (χ3v) is 4.65. The fourth-order valence-electron chi connectivity index (χ4n) is 1.86. The van der Waals surface area contributed by atoms with Gasteiger partial charge in [0.15, 0.2) is 0 Å². The average Bonchev–Trinajstić information content (AvgIpc) is 3.10. The van der Waals surface area contributed by atoms with E-state index in [-0.39, 0.29) is 0 Å². The van der Waals surface area contributed by atoms with Gasteiger partial charge in [0.25, 0.3) is 0 Å². The molecular weight excluding hydrogens is 272 g/mol. The molecule has 0 amide bonds. The van der Waals surface area contributed by atoms with Gasteiger partial charge in [-0.05, 0) is 35.0 Å². The van der Waals surface area contributed by atoms with Crippen molar-refractivity contribution in [3.05, 3.63) is 63.9 Å². The second-order valence-electron chi connectivity index (χ2n) is 4.20. The molecule has 2 nitrogen and oxygen atoms in total. The number of aromatic nitrogens is 1. The molecule has 96 valence electrons. The molecule has 0 radical (unpaired) electrons. The Morgan fingerprint density at radius 1 is 1.05 bits per heavy atom. The van der Waals surface area contributed by atoms with Crippen molar-refractivity contribution in [2.45, 2.75) is 13.1 Å². The predicted octanol–water partition coefficient (Wildman–Crippen LogP) is 4.16. The van der Waals surface area contributed by atoms with E-state index in [1.165, 1.54) is 15.3 Å². The summed E-state index contributed by atoms with van der Waals surface area (Å²) in [6.45, 7) is 1.71. The summed E-state index contributed by atoms with van der Waals surface area (Å²) in [6.07, 6.45) is 1.83. The highest BCUT2D eigenvalue weighted by atomic mass is 32.1. The minimum absolute atomic E-state index is 0.813. The van der Waals surface area contributed by atoms with E-state index in [1.54, 1.807) is 22.7 Å². The molecule has 0 aromatic carbocycles. The maximum absolute atomic E-state index is 4.30. The van der Waals surface area contributed by atoms with Gasteiger partial charge in [0, 0.05) is 34.6 Å². The summed E-state index contributed by atoms with van der Waals surface area (Å²) in [5, 5.41) is 7.77. The Hall–Kier alpha value is -1.49. The lowest BCUT2D eigenvalue weighted by Gasteiger charge is -2.01. The van der Waals surface area contributed by atoms with E-state index in [0.29, 0.717) is 0 Å². The van der Waals surface area contributed by atoms with E-state index >= 15 is 0 Å². The lowest BCUT2D eigenvalue weighted by molar-refractivity contribution is 0.686. The fourth-order valence-corrected chi connectivity index (χ4v) is 3.51. The zero-order valence-corrected chi connectivity index (χ0v) is 12.0. The van der Waals surface area contributed by atoms with Crippen LogP contribution in [0.1, 0.15) is 10.6 Å². The van der Waals surface area contributed by atoms with Gasteiger partial charge in [0.1, 0.15) is 0 Å². The van der Waals surface area contributed by atoms with Crippen LogP contribution in [-0.2, 0) is 13.1 Å². The van der Waals surface area contributed by atoms with Gasteiger partial charge in [-0.25, -0.2) is 0 Å². The van der Waals surface area contributed by atoms with Crippen molar-refractivity contribution >= 4 is 22.7 Å². The Balaban J connectivity index is 1.56. The molecule has 0 aliphatic heterocycles. The summed E-state index contributed by atoms with van der Waals surface area (Å²) in [5.74, 6) is 0. The first-order valence-electron chi connectivity index (χ1n) is 6.14. The van der Waals surface area contributed by atoms with Gasteiger partial charge in [-0.15, -0.1) is 22.7 Å². The number of thiophene rings is 2. The van der Waals surface area contributed by atoms with Gasteiger partial charge in [0.2, 0.25) is 0 Å². The van der Waals surface area contributed by atoms with Crippen LogP contribution in [0, 0.1) is 0 Å². The second kappa shape index (κ2) is 6.10. The van der Waals surface area contributed by atoms with Gasteiger partial charge >= 0.3 is 0 Å². The van der Waals surface area contributed by atoms with Crippen molar-refractivity contribution in [1.82, 2.24) is 10.3 Å². The van der Waals surface area contributed by atoms with Crippen LogP contribution in [0.5, 0.6) is 0 Å². The smallest absolute Gasteiger partial charge is 0.0541 e. The van der Waals surface area contributed by atoms with E-state index in [1.807, 2.05) is 24.4 Å². The summed E-state index contributed by atoms with van der Waals surface area (Å²) in [5.41, 5.74) is 2.41. The minimum atomic E-state index is 0.813. The third-order valence-electron chi connectivity index (χ3n) is 2.79. The molecule has 1 N–H and O–H groups in total. The van der Waals surface area contributed by atoms with Gasteiger partial charge < -0.3 is 5.32 Å². The lowest BCUT2D eigenvalue weighted by Crippen LogP contribution is -2.12. The molecule has 3 aromatic heterocycles. The monoisotopic (exact) mass is 286 g/mol. The molecule has 0 unspecified atom stereocenters. The molecule has 0 saturated carbocycles. The number of nitrogens with one attached hydrogen (secondary N) is 1. The van der Waals surface area contributed by atoms with Crippen LogP contribution in [0.2, 0.25) is 0 Å². The van der Waals surface area contributed by atoms with Crippen molar-refractivity contribution in [2.24, 2.45) is 0 Å². The first-order chi connectivity index (χ1) is 9.42. The summed E-state index contributed by atoms with van der Waals surface area (Å²) in [4.78, 5) is 7.00. The zero-order valence-electron chi connectivity index (χ0n) is 10.4. The highest BCUT2D eigenvalue weighted by Gasteiger charge is 2.03. The van der Waals surface area contributed by atoms with Crippen LogP contribution >= 0.6 is 22.7 Å². The van der Waals surface area contributed by atoms with E-state index in [2.05, 4.69) is 39.3 Å². The molecule has 0 atom stereocenters. The molecule has 3 rings (SSSR count). The van der Waals surface area contributed by atoms with Crippen LogP contribution in [0.25, 0.3) is 10.4 Å². The number of hydrogen-bond acceptors (Lipinski definition) is 4. The van der Waals surface area contributed by atoms with Crippen molar-refractivity contribution in [2.75, 3.05) is 0 Å². The summed E-state index contributed by atoms with van der Waals surface area (Å²) in [7, 11) is 0. The Bertz CT molecular complexity index is 615. The second-order valence-corrected chi connectivity index (χ2v) is 6.15. The molecular formula is C15H14N2S2. The van der Waals surface area contributed by atoms with Crippen LogP contribution in [0.15, 0.2) is 53.4 Å². The summed E-state index contributed by atoms with van der Waals surface area (Å²) in [6, 6.07) is 12.5. The average molecular weight is 286 g/mol. The Morgan fingerprint density at radius 3 is 2.84 bits per heavy atom. The maximum atomic E-state index is 4.30. The molecule has 0 fully saturated rings. The van der Waals surface area contributed by atoms with Crippen LogP contribution in [0.3, 0.4) is 0 Å². The van der Waals surface area contributed by atoms with E-state index in [4.69, 9.17) is 0 Å². The van der Waals surface area contributed by atoms with E-state index in [0.717, 1.165) is 18.8 Å². The predicted molar refractivity (Wildman–Crippen MR) is 82.4 cm³/mol. The SMILES string of the molecule is c1ccc(CNCc2cc(-c3cccs3)cs2)nc1. The van der Waals surface area contributed by atoms with Crippen LogP contribution < -0.4 is 5.32 Å². The molecule has 0 aliphatic rings.